The van der Waals surface area contributed by atoms with Gasteiger partial charge >= 0.3 is 0 Å². The molecule has 0 atom stereocenters. The summed E-state index contributed by atoms with van der Waals surface area (Å²) in [6, 6.07) is 4.61. The Bertz CT molecular complexity index is 511. The van der Waals surface area contributed by atoms with Crippen LogP contribution < -0.4 is 11.1 Å². The fourth-order valence-electron chi connectivity index (χ4n) is 1.22. The molecule has 1 aromatic rings. The van der Waals surface area contributed by atoms with Gasteiger partial charge in [0.05, 0.1) is 10.6 Å². The zero-order valence-corrected chi connectivity index (χ0v) is 8.88. The fourth-order valence-corrected chi connectivity index (χ4v) is 1.91. The summed E-state index contributed by atoms with van der Waals surface area (Å²) < 4.78 is 0. The number of carbonyl (C=O) groups excluding carboxylic acids is 2. The number of benzene rings is 1. The Labute approximate surface area is 95.3 Å². The summed E-state index contributed by atoms with van der Waals surface area (Å²) in [5.74, 6) is -0.476. The zero-order valence-electron chi connectivity index (χ0n) is 8.06. The standard InChI is InChI=1S/C10H8N2O3S/c11-6-2-1-5(3-7(6)13)4-8-9(14)12-10(15)16-8/h1-4,13H,11H2,(H,12,14,15). The summed E-state index contributed by atoms with van der Waals surface area (Å²) in [6.45, 7) is 0. The lowest BCUT2D eigenvalue weighted by molar-refractivity contribution is -0.115. The number of nitrogen functional groups attached to an aromatic ring is 1. The minimum absolute atomic E-state index is 0.0518. The first-order valence-corrected chi connectivity index (χ1v) is 5.21. The number of phenolic OH excluding ortho intramolecular Hbond substituents is 1. The van der Waals surface area contributed by atoms with Crippen molar-refractivity contribution in [2.75, 3.05) is 5.73 Å². The van der Waals surface area contributed by atoms with Crippen LogP contribution >= 0.6 is 11.8 Å². The van der Waals surface area contributed by atoms with Crippen LogP contribution in [-0.4, -0.2) is 16.3 Å². The Morgan fingerprint density at radius 1 is 1.38 bits per heavy atom. The molecule has 5 nitrogen and oxygen atoms in total. The van der Waals surface area contributed by atoms with E-state index < -0.39 is 11.1 Å². The van der Waals surface area contributed by atoms with Crippen molar-refractivity contribution in [2.45, 2.75) is 0 Å². The number of carbonyl (C=O) groups is 2. The van der Waals surface area contributed by atoms with E-state index in [9.17, 15) is 14.7 Å². The summed E-state index contributed by atoms with van der Waals surface area (Å²) in [5, 5.41) is 11.1. The van der Waals surface area contributed by atoms with Gasteiger partial charge in [0, 0.05) is 0 Å². The molecule has 0 unspecified atom stereocenters. The quantitative estimate of drug-likeness (QED) is 0.388. The molecule has 1 aliphatic rings. The van der Waals surface area contributed by atoms with Gasteiger partial charge in [0.2, 0.25) is 0 Å². The molecule has 1 saturated heterocycles. The van der Waals surface area contributed by atoms with Gasteiger partial charge < -0.3 is 10.8 Å². The first kappa shape index (κ1) is 10.6. The number of hydrogen-bond donors (Lipinski definition) is 3. The van der Waals surface area contributed by atoms with Gasteiger partial charge in [-0.2, -0.15) is 0 Å². The highest BCUT2D eigenvalue weighted by atomic mass is 32.2. The third-order valence-electron chi connectivity index (χ3n) is 1.99. The zero-order chi connectivity index (χ0) is 11.7. The molecule has 2 rings (SSSR count). The smallest absolute Gasteiger partial charge is 0.290 e. The molecule has 16 heavy (non-hydrogen) atoms. The summed E-state index contributed by atoms with van der Waals surface area (Å²) in [7, 11) is 0. The van der Waals surface area contributed by atoms with Crippen LogP contribution in [0.3, 0.4) is 0 Å². The highest BCUT2D eigenvalue weighted by Crippen LogP contribution is 2.28. The molecular formula is C10H8N2O3S. The van der Waals surface area contributed by atoms with Gasteiger partial charge in [0.25, 0.3) is 11.1 Å². The van der Waals surface area contributed by atoms with E-state index in [2.05, 4.69) is 5.32 Å². The van der Waals surface area contributed by atoms with Crippen LogP contribution in [0.15, 0.2) is 23.1 Å². The molecule has 1 aromatic carbocycles. The van der Waals surface area contributed by atoms with E-state index in [0.717, 1.165) is 11.8 Å². The molecule has 0 radical (unpaired) electrons. The first-order chi connectivity index (χ1) is 7.56. The number of phenols is 1. The second-order valence-corrected chi connectivity index (χ2v) is 4.19. The molecule has 0 saturated carbocycles. The number of anilines is 1. The first-order valence-electron chi connectivity index (χ1n) is 4.39. The summed E-state index contributed by atoms with van der Waals surface area (Å²) in [4.78, 5) is 22.4. The number of amides is 2. The Kier molecular flexibility index (Phi) is 2.57. The number of nitrogens with two attached hydrogens (primary N) is 1. The van der Waals surface area contributed by atoms with Crippen LogP contribution in [0.4, 0.5) is 10.5 Å². The van der Waals surface area contributed by atoms with Crippen molar-refractivity contribution in [2.24, 2.45) is 0 Å². The Morgan fingerprint density at radius 3 is 2.69 bits per heavy atom. The summed E-state index contributed by atoms with van der Waals surface area (Å²) >= 11 is 0.827. The highest BCUT2D eigenvalue weighted by molar-refractivity contribution is 8.18. The number of rotatable bonds is 1. The lowest BCUT2D eigenvalue weighted by atomic mass is 10.2. The van der Waals surface area contributed by atoms with Crippen LogP contribution in [0.25, 0.3) is 6.08 Å². The maximum absolute atomic E-state index is 11.2. The van der Waals surface area contributed by atoms with Gasteiger partial charge in [-0.25, -0.2) is 0 Å². The average Bonchev–Trinajstić information content (AvgIpc) is 2.51. The fraction of sp³-hybridized carbons (Fsp3) is 0. The SMILES string of the molecule is Nc1ccc(C=C2SC(=O)NC2=O)cc1O. The van der Waals surface area contributed by atoms with E-state index in [4.69, 9.17) is 5.73 Å². The van der Waals surface area contributed by atoms with E-state index in [1.165, 1.54) is 18.2 Å². The van der Waals surface area contributed by atoms with Crippen LogP contribution in [-0.2, 0) is 4.79 Å². The normalized spacial score (nSPS) is 17.9. The maximum atomic E-state index is 11.2. The Balaban J connectivity index is 2.32. The molecule has 0 spiro atoms. The van der Waals surface area contributed by atoms with E-state index in [-0.39, 0.29) is 11.4 Å². The molecule has 2 amide bonds. The summed E-state index contributed by atoms with van der Waals surface area (Å²) in [5.41, 5.74) is 6.31. The van der Waals surface area contributed by atoms with Crippen LogP contribution in [0.1, 0.15) is 5.56 Å². The molecule has 0 bridgehead atoms. The van der Waals surface area contributed by atoms with E-state index in [1.807, 2.05) is 0 Å². The van der Waals surface area contributed by atoms with E-state index >= 15 is 0 Å². The molecule has 4 N–H and O–H groups in total. The number of imide groups is 1. The molecule has 0 aromatic heterocycles. The van der Waals surface area contributed by atoms with Crippen LogP contribution in [0.5, 0.6) is 5.75 Å². The number of nitrogens with one attached hydrogen (secondary N) is 1. The van der Waals surface area contributed by atoms with Gasteiger partial charge in [0.1, 0.15) is 5.75 Å². The lowest BCUT2D eigenvalue weighted by Gasteiger charge is -1.99. The van der Waals surface area contributed by atoms with Crippen LogP contribution in [0.2, 0.25) is 0 Å². The molecule has 1 fully saturated rings. The van der Waals surface area contributed by atoms with Crippen LogP contribution in [0, 0.1) is 0 Å². The van der Waals surface area contributed by atoms with Gasteiger partial charge in [-0.05, 0) is 35.5 Å². The van der Waals surface area contributed by atoms with Crippen molar-refractivity contribution < 1.29 is 14.7 Å². The van der Waals surface area contributed by atoms with Crippen molar-refractivity contribution in [1.82, 2.24) is 5.32 Å². The predicted molar refractivity (Wildman–Crippen MR) is 61.6 cm³/mol. The Morgan fingerprint density at radius 2 is 2.12 bits per heavy atom. The highest BCUT2D eigenvalue weighted by Gasteiger charge is 2.24. The minimum atomic E-state index is -0.425. The van der Waals surface area contributed by atoms with Crippen molar-refractivity contribution in [3.63, 3.8) is 0 Å². The monoisotopic (exact) mass is 236 g/mol. The third kappa shape index (κ3) is 2.01. The summed E-state index contributed by atoms with van der Waals surface area (Å²) in [6.07, 6.45) is 1.52. The van der Waals surface area contributed by atoms with Gasteiger partial charge in [-0.15, -0.1) is 0 Å². The largest absolute Gasteiger partial charge is 0.506 e. The molecule has 0 aliphatic carbocycles. The molecule has 1 heterocycles. The number of aromatic hydroxyl groups is 1. The molecule has 6 heteroatoms. The topological polar surface area (TPSA) is 92.4 Å². The van der Waals surface area contributed by atoms with E-state index in [0.29, 0.717) is 10.5 Å². The maximum Gasteiger partial charge on any atom is 0.290 e. The molecule has 1 aliphatic heterocycles. The second-order valence-electron chi connectivity index (χ2n) is 3.17. The number of hydrogen-bond acceptors (Lipinski definition) is 5. The average molecular weight is 236 g/mol. The Hall–Kier alpha value is -1.95. The number of thioether (sulfide) groups is 1. The van der Waals surface area contributed by atoms with Crippen molar-refractivity contribution in [3.05, 3.63) is 28.7 Å². The third-order valence-corrected chi connectivity index (χ3v) is 2.80. The van der Waals surface area contributed by atoms with Gasteiger partial charge in [-0.1, -0.05) is 6.07 Å². The minimum Gasteiger partial charge on any atom is -0.506 e. The van der Waals surface area contributed by atoms with Gasteiger partial charge in [-0.3, -0.25) is 14.9 Å². The molecule has 82 valence electrons. The van der Waals surface area contributed by atoms with Crippen molar-refractivity contribution in [1.29, 1.82) is 0 Å². The lowest BCUT2D eigenvalue weighted by Crippen LogP contribution is -2.17. The second kappa shape index (κ2) is 3.90. The van der Waals surface area contributed by atoms with E-state index in [1.54, 1.807) is 6.07 Å². The van der Waals surface area contributed by atoms with Gasteiger partial charge in [0.15, 0.2) is 0 Å². The van der Waals surface area contributed by atoms with Crippen molar-refractivity contribution >= 4 is 34.7 Å². The van der Waals surface area contributed by atoms with Crippen molar-refractivity contribution in [3.8, 4) is 5.75 Å². The predicted octanol–water partition coefficient (Wildman–Crippen LogP) is 1.30. The molecular weight excluding hydrogens is 228 g/mol.